The first-order valence-corrected chi connectivity index (χ1v) is 7.96. The smallest absolute Gasteiger partial charge is 0.241 e. The topological polar surface area (TPSA) is 88.3 Å². The maximum Gasteiger partial charge on any atom is 0.241 e. The van der Waals surface area contributed by atoms with E-state index in [-0.39, 0.29) is 16.8 Å². The van der Waals surface area contributed by atoms with E-state index in [1.54, 1.807) is 0 Å². The van der Waals surface area contributed by atoms with Crippen LogP contribution in [0.1, 0.15) is 19.8 Å². The molecule has 2 heterocycles. The minimum absolute atomic E-state index is 0.0342. The molecule has 3 N–H and O–H groups in total. The minimum Gasteiger partial charge on any atom is -0.384 e. The van der Waals surface area contributed by atoms with Crippen LogP contribution in [0.2, 0.25) is 0 Å². The summed E-state index contributed by atoms with van der Waals surface area (Å²) in [7, 11) is -3.51. The van der Waals surface area contributed by atoms with Gasteiger partial charge >= 0.3 is 0 Å². The molecule has 1 aromatic rings. The summed E-state index contributed by atoms with van der Waals surface area (Å²) < 4.78 is 27.2. The van der Waals surface area contributed by atoms with Crippen LogP contribution in [0.25, 0.3) is 0 Å². The zero-order valence-electron chi connectivity index (χ0n) is 11.0. The lowest BCUT2D eigenvalue weighted by Crippen LogP contribution is -2.47. The number of pyridine rings is 1. The van der Waals surface area contributed by atoms with Crippen LogP contribution in [0.5, 0.6) is 0 Å². The van der Waals surface area contributed by atoms with E-state index in [4.69, 9.17) is 5.73 Å². The molecular formula is C12H20N4O2S. The third kappa shape index (κ3) is 3.65. The van der Waals surface area contributed by atoms with Gasteiger partial charge in [0.2, 0.25) is 10.0 Å². The van der Waals surface area contributed by atoms with Crippen LogP contribution in [-0.4, -0.2) is 44.0 Å². The summed E-state index contributed by atoms with van der Waals surface area (Å²) in [6.45, 7) is 4.83. The van der Waals surface area contributed by atoms with E-state index in [1.165, 1.54) is 18.3 Å². The molecule has 2 rings (SSSR count). The number of aromatic nitrogens is 1. The van der Waals surface area contributed by atoms with Crippen molar-refractivity contribution < 1.29 is 8.42 Å². The number of likely N-dealkylation sites (N-methyl/N-ethyl adjacent to an activating group) is 1. The molecule has 1 atom stereocenters. The number of nitrogens with one attached hydrogen (secondary N) is 1. The van der Waals surface area contributed by atoms with Crippen LogP contribution < -0.4 is 10.5 Å². The summed E-state index contributed by atoms with van der Waals surface area (Å²) in [4.78, 5) is 6.23. The number of likely N-dealkylation sites (tertiary alicyclic amines) is 1. The lowest BCUT2D eigenvalue weighted by molar-refractivity contribution is 0.211. The lowest BCUT2D eigenvalue weighted by Gasteiger charge is -2.32. The van der Waals surface area contributed by atoms with Crippen molar-refractivity contribution >= 4 is 15.8 Å². The predicted octanol–water partition coefficient (Wildman–Crippen LogP) is 0.426. The highest BCUT2D eigenvalue weighted by atomic mass is 32.2. The van der Waals surface area contributed by atoms with Crippen molar-refractivity contribution in [3.8, 4) is 0 Å². The second-order valence-electron chi connectivity index (χ2n) is 4.77. The van der Waals surface area contributed by atoms with Crippen LogP contribution in [0.15, 0.2) is 23.2 Å². The Kier molecular flexibility index (Phi) is 4.38. The summed E-state index contributed by atoms with van der Waals surface area (Å²) in [5.41, 5.74) is 5.52. The Labute approximate surface area is 114 Å². The Bertz CT molecular complexity index is 532. The number of nitrogens with two attached hydrogens (primary N) is 1. The Hall–Kier alpha value is -1.18. The highest BCUT2D eigenvalue weighted by Crippen LogP contribution is 2.15. The molecule has 0 bridgehead atoms. The van der Waals surface area contributed by atoms with Crippen molar-refractivity contribution in [1.29, 1.82) is 0 Å². The van der Waals surface area contributed by atoms with Gasteiger partial charge in [0.1, 0.15) is 5.82 Å². The fourth-order valence-corrected chi connectivity index (χ4v) is 3.60. The van der Waals surface area contributed by atoms with Gasteiger partial charge in [-0.05, 0) is 32.0 Å². The molecule has 1 aliphatic rings. The SMILES string of the molecule is CCN1CCCC(NS(=O)(=O)c2ccnc(N)c2)C1. The molecule has 1 unspecified atom stereocenters. The Morgan fingerprint density at radius 1 is 1.58 bits per heavy atom. The number of nitrogen functional groups attached to an aromatic ring is 1. The molecule has 6 nitrogen and oxygen atoms in total. The second kappa shape index (κ2) is 5.85. The molecule has 0 saturated carbocycles. The number of hydrogen-bond acceptors (Lipinski definition) is 5. The molecule has 0 aromatic carbocycles. The van der Waals surface area contributed by atoms with Crippen molar-refractivity contribution in [3.63, 3.8) is 0 Å². The van der Waals surface area contributed by atoms with E-state index in [9.17, 15) is 8.42 Å². The third-order valence-corrected chi connectivity index (χ3v) is 4.86. The monoisotopic (exact) mass is 284 g/mol. The molecule has 7 heteroatoms. The lowest BCUT2D eigenvalue weighted by atomic mass is 10.1. The van der Waals surface area contributed by atoms with E-state index in [2.05, 4.69) is 21.5 Å². The fourth-order valence-electron chi connectivity index (χ4n) is 2.32. The summed E-state index contributed by atoms with van der Waals surface area (Å²) in [5, 5.41) is 0. The van der Waals surface area contributed by atoms with Crippen LogP contribution in [0.4, 0.5) is 5.82 Å². The Morgan fingerprint density at radius 2 is 2.37 bits per heavy atom. The predicted molar refractivity (Wildman–Crippen MR) is 74.1 cm³/mol. The van der Waals surface area contributed by atoms with Gasteiger partial charge in [-0.3, -0.25) is 0 Å². The van der Waals surface area contributed by atoms with Crippen LogP contribution >= 0.6 is 0 Å². The van der Waals surface area contributed by atoms with Gasteiger partial charge in [0.25, 0.3) is 0 Å². The molecule has 1 aliphatic heterocycles. The maximum atomic E-state index is 12.2. The largest absolute Gasteiger partial charge is 0.384 e. The molecular weight excluding hydrogens is 264 g/mol. The van der Waals surface area contributed by atoms with Gasteiger partial charge in [-0.1, -0.05) is 6.92 Å². The number of hydrogen-bond donors (Lipinski definition) is 2. The van der Waals surface area contributed by atoms with Crippen LogP contribution in [0, 0.1) is 0 Å². The van der Waals surface area contributed by atoms with Gasteiger partial charge in [-0.25, -0.2) is 18.1 Å². The van der Waals surface area contributed by atoms with Gasteiger partial charge in [-0.2, -0.15) is 0 Å². The molecule has 0 radical (unpaired) electrons. The zero-order valence-corrected chi connectivity index (χ0v) is 11.9. The first-order valence-electron chi connectivity index (χ1n) is 6.47. The summed E-state index contributed by atoms with van der Waals surface area (Å²) >= 11 is 0. The highest BCUT2D eigenvalue weighted by molar-refractivity contribution is 7.89. The maximum absolute atomic E-state index is 12.2. The first-order chi connectivity index (χ1) is 9.01. The molecule has 1 saturated heterocycles. The van der Waals surface area contributed by atoms with E-state index >= 15 is 0 Å². The summed E-state index contributed by atoms with van der Waals surface area (Å²) in [5.74, 6) is 0.210. The van der Waals surface area contributed by atoms with E-state index in [0.29, 0.717) is 0 Å². The van der Waals surface area contributed by atoms with E-state index in [0.717, 1.165) is 32.5 Å². The first kappa shape index (κ1) is 14.2. The van der Waals surface area contributed by atoms with E-state index < -0.39 is 10.0 Å². The molecule has 19 heavy (non-hydrogen) atoms. The molecule has 1 fully saturated rings. The summed E-state index contributed by atoms with van der Waals surface area (Å²) in [6.07, 6.45) is 3.29. The van der Waals surface area contributed by atoms with Gasteiger partial charge < -0.3 is 10.6 Å². The van der Waals surface area contributed by atoms with Gasteiger partial charge in [0.15, 0.2) is 0 Å². The Morgan fingerprint density at radius 3 is 3.05 bits per heavy atom. The van der Waals surface area contributed by atoms with Crippen molar-refractivity contribution in [2.75, 3.05) is 25.4 Å². The molecule has 0 amide bonds. The highest BCUT2D eigenvalue weighted by Gasteiger charge is 2.24. The molecule has 0 aliphatic carbocycles. The normalized spacial score (nSPS) is 21.4. The quantitative estimate of drug-likeness (QED) is 0.837. The van der Waals surface area contributed by atoms with Crippen molar-refractivity contribution in [2.24, 2.45) is 0 Å². The summed E-state index contributed by atoms with van der Waals surface area (Å²) in [6, 6.07) is 2.80. The number of rotatable bonds is 4. The van der Waals surface area contributed by atoms with Crippen molar-refractivity contribution in [2.45, 2.75) is 30.7 Å². The van der Waals surface area contributed by atoms with Crippen LogP contribution in [0.3, 0.4) is 0 Å². The van der Waals surface area contributed by atoms with Gasteiger partial charge in [0.05, 0.1) is 4.90 Å². The molecule has 106 valence electrons. The third-order valence-electron chi connectivity index (χ3n) is 3.34. The molecule has 1 aromatic heterocycles. The standard InChI is InChI=1S/C12H20N4O2S/c1-2-16-7-3-4-10(9-16)15-19(17,18)11-5-6-14-12(13)8-11/h5-6,8,10,15H,2-4,7,9H2,1H3,(H2,13,14). The number of nitrogens with zero attached hydrogens (tertiary/aromatic N) is 2. The Balaban J connectivity index is 2.09. The fraction of sp³-hybridized carbons (Fsp3) is 0.583. The number of anilines is 1. The van der Waals surface area contributed by atoms with E-state index in [1.807, 2.05) is 0 Å². The average Bonchev–Trinajstić information content (AvgIpc) is 2.38. The second-order valence-corrected chi connectivity index (χ2v) is 6.48. The van der Waals surface area contributed by atoms with Crippen LogP contribution in [-0.2, 0) is 10.0 Å². The molecule has 0 spiro atoms. The van der Waals surface area contributed by atoms with Gasteiger partial charge in [0, 0.05) is 24.8 Å². The van der Waals surface area contributed by atoms with Crippen molar-refractivity contribution in [3.05, 3.63) is 18.3 Å². The number of piperidine rings is 1. The average molecular weight is 284 g/mol. The van der Waals surface area contributed by atoms with Crippen molar-refractivity contribution in [1.82, 2.24) is 14.6 Å². The minimum atomic E-state index is -3.51. The zero-order chi connectivity index (χ0) is 13.9. The van der Waals surface area contributed by atoms with Gasteiger partial charge in [-0.15, -0.1) is 0 Å². The number of sulfonamides is 1.